The van der Waals surface area contributed by atoms with Crippen LogP contribution in [0, 0.1) is 5.92 Å². The quantitative estimate of drug-likeness (QED) is 0.922. The maximum absolute atomic E-state index is 12.4. The van der Waals surface area contributed by atoms with E-state index in [0.29, 0.717) is 32.5 Å². The first-order chi connectivity index (χ1) is 10.1. The van der Waals surface area contributed by atoms with Gasteiger partial charge >= 0.3 is 5.97 Å². The van der Waals surface area contributed by atoms with Crippen molar-refractivity contribution in [3.8, 4) is 5.75 Å². The molecule has 1 amide bonds. The molecular formula is C16H19NO4. The number of hydrogen-bond acceptors (Lipinski definition) is 3. The number of ether oxygens (including phenoxy) is 1. The van der Waals surface area contributed by atoms with Gasteiger partial charge in [-0.3, -0.25) is 9.59 Å². The van der Waals surface area contributed by atoms with Crippen LogP contribution in [0.25, 0.3) is 0 Å². The number of amides is 1. The summed E-state index contributed by atoms with van der Waals surface area (Å²) in [7, 11) is 0. The van der Waals surface area contributed by atoms with Gasteiger partial charge in [-0.05, 0) is 30.4 Å². The number of hydrogen-bond donors (Lipinski definition) is 1. The first-order valence-electron chi connectivity index (χ1n) is 7.37. The fourth-order valence-corrected chi connectivity index (χ4v) is 3.16. The van der Waals surface area contributed by atoms with Gasteiger partial charge in [0.2, 0.25) is 5.91 Å². The van der Waals surface area contributed by atoms with Gasteiger partial charge in [-0.2, -0.15) is 0 Å². The number of aliphatic carboxylic acids is 1. The van der Waals surface area contributed by atoms with Gasteiger partial charge < -0.3 is 14.7 Å². The van der Waals surface area contributed by atoms with E-state index in [1.54, 1.807) is 4.90 Å². The first kappa shape index (κ1) is 13.9. The zero-order chi connectivity index (χ0) is 14.8. The summed E-state index contributed by atoms with van der Waals surface area (Å²) in [5.74, 6) is -0.115. The highest BCUT2D eigenvalue weighted by molar-refractivity contribution is 5.79. The third-order valence-electron chi connectivity index (χ3n) is 4.39. The van der Waals surface area contributed by atoms with Crippen molar-refractivity contribution >= 4 is 11.9 Å². The van der Waals surface area contributed by atoms with Crippen molar-refractivity contribution in [3.05, 3.63) is 29.8 Å². The maximum atomic E-state index is 12.4. The Balaban J connectivity index is 1.65. The second-order valence-corrected chi connectivity index (χ2v) is 5.74. The van der Waals surface area contributed by atoms with E-state index in [2.05, 4.69) is 0 Å². The lowest BCUT2D eigenvalue weighted by atomic mass is 9.90. The van der Waals surface area contributed by atoms with Crippen LogP contribution in [-0.4, -0.2) is 41.6 Å². The first-order valence-corrected chi connectivity index (χ1v) is 7.37. The average molecular weight is 289 g/mol. The SMILES string of the molecule is O=C(O)C1CCN(C(=O)CC2CCOc3ccccc32)C1. The standard InChI is InChI=1S/C16H19NO4/c18-15(17-7-5-12(10-17)16(19)20)9-11-6-8-21-14-4-2-1-3-13(11)14/h1-4,11-12H,5-10H2,(H,19,20). The average Bonchev–Trinajstić information content (AvgIpc) is 2.98. The number of para-hydroxylation sites is 1. The molecular weight excluding hydrogens is 270 g/mol. The Morgan fingerprint density at radius 1 is 1.29 bits per heavy atom. The zero-order valence-electron chi connectivity index (χ0n) is 11.8. The van der Waals surface area contributed by atoms with Gasteiger partial charge in [0.15, 0.2) is 0 Å². The van der Waals surface area contributed by atoms with Gasteiger partial charge in [0.05, 0.1) is 12.5 Å². The fraction of sp³-hybridized carbons (Fsp3) is 0.500. The van der Waals surface area contributed by atoms with E-state index in [-0.39, 0.29) is 11.8 Å². The molecule has 1 aromatic rings. The minimum Gasteiger partial charge on any atom is -0.493 e. The van der Waals surface area contributed by atoms with E-state index >= 15 is 0 Å². The van der Waals surface area contributed by atoms with Gasteiger partial charge in [-0.25, -0.2) is 0 Å². The number of carbonyl (C=O) groups is 2. The van der Waals surface area contributed by atoms with Crippen LogP contribution in [-0.2, 0) is 9.59 Å². The fourth-order valence-electron chi connectivity index (χ4n) is 3.16. The Bertz CT molecular complexity index is 557. The van der Waals surface area contributed by atoms with Gasteiger partial charge in [-0.1, -0.05) is 18.2 Å². The number of carbonyl (C=O) groups excluding carboxylic acids is 1. The molecule has 0 spiro atoms. The summed E-state index contributed by atoms with van der Waals surface area (Å²) in [6.45, 7) is 1.53. The van der Waals surface area contributed by atoms with Crippen molar-refractivity contribution in [2.24, 2.45) is 5.92 Å². The second-order valence-electron chi connectivity index (χ2n) is 5.74. The van der Waals surface area contributed by atoms with Crippen molar-refractivity contribution in [3.63, 3.8) is 0 Å². The minimum absolute atomic E-state index is 0.0560. The summed E-state index contributed by atoms with van der Waals surface area (Å²) >= 11 is 0. The van der Waals surface area contributed by atoms with Crippen molar-refractivity contribution in [2.45, 2.75) is 25.2 Å². The lowest BCUT2D eigenvalue weighted by molar-refractivity contribution is -0.141. The van der Waals surface area contributed by atoms with Crippen LogP contribution in [0.4, 0.5) is 0 Å². The lowest BCUT2D eigenvalue weighted by Crippen LogP contribution is -2.31. The number of carboxylic acids is 1. The van der Waals surface area contributed by atoms with Crippen LogP contribution < -0.4 is 4.74 Å². The summed E-state index contributed by atoms with van der Waals surface area (Å²) in [5, 5.41) is 9.01. The molecule has 5 heteroatoms. The normalized spacial score (nSPS) is 24.3. The van der Waals surface area contributed by atoms with Crippen LogP contribution in [0.1, 0.15) is 30.7 Å². The van der Waals surface area contributed by atoms with Crippen molar-refractivity contribution < 1.29 is 19.4 Å². The van der Waals surface area contributed by atoms with E-state index in [0.717, 1.165) is 17.7 Å². The zero-order valence-corrected chi connectivity index (χ0v) is 11.8. The van der Waals surface area contributed by atoms with Gasteiger partial charge in [-0.15, -0.1) is 0 Å². The Morgan fingerprint density at radius 2 is 2.10 bits per heavy atom. The highest BCUT2D eigenvalue weighted by Gasteiger charge is 2.32. The smallest absolute Gasteiger partial charge is 0.308 e. The summed E-state index contributed by atoms with van der Waals surface area (Å²) in [6, 6.07) is 7.83. The van der Waals surface area contributed by atoms with E-state index < -0.39 is 11.9 Å². The summed E-state index contributed by atoms with van der Waals surface area (Å²) in [6.07, 6.45) is 1.83. The molecule has 0 radical (unpaired) electrons. The summed E-state index contributed by atoms with van der Waals surface area (Å²) in [5.41, 5.74) is 1.09. The molecule has 5 nitrogen and oxygen atoms in total. The van der Waals surface area contributed by atoms with Crippen LogP contribution >= 0.6 is 0 Å². The highest BCUT2D eigenvalue weighted by Crippen LogP contribution is 2.36. The number of likely N-dealkylation sites (tertiary alicyclic amines) is 1. The molecule has 0 aliphatic carbocycles. The third-order valence-corrected chi connectivity index (χ3v) is 4.39. The van der Waals surface area contributed by atoms with Crippen LogP contribution in [0.5, 0.6) is 5.75 Å². The number of carboxylic acid groups (broad SMARTS) is 1. The lowest BCUT2D eigenvalue weighted by Gasteiger charge is -2.27. The molecule has 2 heterocycles. The molecule has 0 bridgehead atoms. The molecule has 0 aromatic heterocycles. The van der Waals surface area contributed by atoms with E-state index in [4.69, 9.17) is 9.84 Å². The van der Waals surface area contributed by atoms with Gasteiger partial charge in [0.25, 0.3) is 0 Å². The van der Waals surface area contributed by atoms with Crippen molar-refractivity contribution in [2.75, 3.05) is 19.7 Å². The van der Waals surface area contributed by atoms with Gasteiger partial charge in [0, 0.05) is 19.5 Å². The topological polar surface area (TPSA) is 66.8 Å². The highest BCUT2D eigenvalue weighted by atomic mass is 16.5. The molecule has 2 aliphatic rings. The molecule has 1 fully saturated rings. The molecule has 0 saturated carbocycles. The number of rotatable bonds is 3. The second kappa shape index (κ2) is 5.76. The Kier molecular flexibility index (Phi) is 3.82. The molecule has 2 unspecified atom stereocenters. The molecule has 1 aromatic carbocycles. The molecule has 1 saturated heterocycles. The van der Waals surface area contributed by atoms with Crippen LogP contribution in [0.3, 0.4) is 0 Å². The Morgan fingerprint density at radius 3 is 2.86 bits per heavy atom. The molecule has 112 valence electrons. The Labute approximate surface area is 123 Å². The predicted molar refractivity (Wildman–Crippen MR) is 76.2 cm³/mol. The third kappa shape index (κ3) is 2.86. The molecule has 2 atom stereocenters. The summed E-state index contributed by atoms with van der Waals surface area (Å²) < 4.78 is 5.61. The monoisotopic (exact) mass is 289 g/mol. The van der Waals surface area contributed by atoms with Gasteiger partial charge in [0.1, 0.15) is 5.75 Å². The predicted octanol–water partition coefficient (Wildman–Crippen LogP) is 1.88. The minimum atomic E-state index is -0.804. The Hall–Kier alpha value is -2.04. The van der Waals surface area contributed by atoms with Crippen LogP contribution in [0.2, 0.25) is 0 Å². The van der Waals surface area contributed by atoms with E-state index in [9.17, 15) is 9.59 Å². The largest absolute Gasteiger partial charge is 0.493 e. The number of benzene rings is 1. The summed E-state index contributed by atoms with van der Waals surface area (Å²) in [4.78, 5) is 25.0. The molecule has 1 N–H and O–H groups in total. The van der Waals surface area contributed by atoms with Crippen molar-refractivity contribution in [1.29, 1.82) is 0 Å². The molecule has 3 rings (SSSR count). The maximum Gasteiger partial charge on any atom is 0.308 e. The molecule has 21 heavy (non-hydrogen) atoms. The van der Waals surface area contributed by atoms with E-state index in [1.165, 1.54) is 0 Å². The number of fused-ring (bicyclic) bond motifs is 1. The molecule has 2 aliphatic heterocycles. The van der Waals surface area contributed by atoms with Crippen LogP contribution in [0.15, 0.2) is 24.3 Å². The van der Waals surface area contributed by atoms with Crippen molar-refractivity contribution in [1.82, 2.24) is 4.90 Å². The number of nitrogens with zero attached hydrogens (tertiary/aromatic N) is 1. The van der Waals surface area contributed by atoms with E-state index in [1.807, 2.05) is 24.3 Å².